The lowest BCUT2D eigenvalue weighted by Gasteiger charge is -2.28. The molecule has 0 bridgehead atoms. The quantitative estimate of drug-likeness (QED) is 0.700. The fourth-order valence-electron chi connectivity index (χ4n) is 4.05. The summed E-state index contributed by atoms with van der Waals surface area (Å²) < 4.78 is 10.9. The molecule has 2 aliphatic heterocycles. The number of benzene rings is 3. The summed E-state index contributed by atoms with van der Waals surface area (Å²) in [6, 6.07) is 20.0. The highest BCUT2D eigenvalue weighted by atomic mass is 16.7. The van der Waals surface area contributed by atoms with Crippen molar-refractivity contribution in [3.05, 3.63) is 88.5 Å². The molecule has 0 spiro atoms. The molecule has 0 radical (unpaired) electrons. The molecule has 0 aliphatic carbocycles. The van der Waals surface area contributed by atoms with E-state index in [1.165, 1.54) is 5.56 Å². The summed E-state index contributed by atoms with van der Waals surface area (Å²) in [5.74, 6) is 1.50. The van der Waals surface area contributed by atoms with Crippen LogP contribution in [0.25, 0.3) is 0 Å². The Bertz CT molecular complexity index is 1110. The van der Waals surface area contributed by atoms with Gasteiger partial charge in [0, 0.05) is 23.4 Å². The zero-order valence-electron chi connectivity index (χ0n) is 16.4. The van der Waals surface area contributed by atoms with E-state index in [-0.39, 0.29) is 18.9 Å². The fraction of sp³-hybridized carbons (Fsp3) is 0.208. The molecule has 146 valence electrons. The third kappa shape index (κ3) is 3.09. The molecule has 0 saturated heterocycles. The zero-order valence-corrected chi connectivity index (χ0v) is 16.4. The summed E-state index contributed by atoms with van der Waals surface area (Å²) in [6.45, 7) is 4.88. The fourth-order valence-corrected chi connectivity index (χ4v) is 4.05. The van der Waals surface area contributed by atoms with E-state index in [4.69, 9.17) is 9.47 Å². The molecule has 1 amide bonds. The molecule has 5 rings (SSSR count). The average molecular weight is 386 g/mol. The predicted octanol–water partition coefficient (Wildman–Crippen LogP) is 4.80. The summed E-state index contributed by atoms with van der Waals surface area (Å²) in [5, 5.41) is 3.59. The third-order valence-corrected chi connectivity index (χ3v) is 5.52. The maximum Gasteiger partial charge on any atom is 0.256 e. The molecule has 2 heterocycles. The Balaban J connectivity index is 1.49. The number of hydrogen-bond donors (Lipinski definition) is 1. The maximum atomic E-state index is 13.2. The van der Waals surface area contributed by atoms with E-state index in [0.717, 1.165) is 39.4 Å². The summed E-state index contributed by atoms with van der Waals surface area (Å²) in [4.78, 5) is 15.1. The second-order valence-electron chi connectivity index (χ2n) is 7.57. The van der Waals surface area contributed by atoms with Gasteiger partial charge < -0.3 is 19.7 Å². The number of anilines is 1. The van der Waals surface area contributed by atoms with Crippen molar-refractivity contribution in [2.24, 2.45) is 0 Å². The van der Waals surface area contributed by atoms with Crippen LogP contribution in [-0.2, 0) is 6.54 Å². The number of nitrogens with one attached hydrogen (secondary N) is 1. The molecule has 2 aliphatic rings. The second-order valence-corrected chi connectivity index (χ2v) is 7.57. The van der Waals surface area contributed by atoms with Crippen LogP contribution in [0.5, 0.6) is 11.5 Å². The van der Waals surface area contributed by atoms with Gasteiger partial charge in [-0.25, -0.2) is 0 Å². The second kappa shape index (κ2) is 6.85. The van der Waals surface area contributed by atoms with Gasteiger partial charge in [-0.05, 0) is 49.2 Å². The number of carbonyl (C=O) groups is 1. The summed E-state index contributed by atoms with van der Waals surface area (Å²) in [6.07, 6.45) is -0.231. The predicted molar refractivity (Wildman–Crippen MR) is 111 cm³/mol. The first-order valence-corrected chi connectivity index (χ1v) is 9.72. The minimum Gasteiger partial charge on any atom is -0.454 e. The van der Waals surface area contributed by atoms with Gasteiger partial charge in [0.05, 0.1) is 0 Å². The van der Waals surface area contributed by atoms with Crippen LogP contribution in [0.1, 0.15) is 38.8 Å². The van der Waals surface area contributed by atoms with E-state index in [1.54, 1.807) is 0 Å². The zero-order chi connectivity index (χ0) is 20.0. The topological polar surface area (TPSA) is 50.8 Å². The van der Waals surface area contributed by atoms with Gasteiger partial charge in [-0.3, -0.25) is 4.79 Å². The highest BCUT2D eigenvalue weighted by molar-refractivity contribution is 5.99. The number of carbonyl (C=O) groups excluding carboxylic acids is 1. The van der Waals surface area contributed by atoms with Gasteiger partial charge in [0.1, 0.15) is 6.17 Å². The van der Waals surface area contributed by atoms with Crippen LogP contribution in [0.2, 0.25) is 0 Å². The van der Waals surface area contributed by atoms with Gasteiger partial charge in [-0.15, -0.1) is 0 Å². The first-order chi connectivity index (χ1) is 14.1. The molecule has 3 aromatic rings. The summed E-state index contributed by atoms with van der Waals surface area (Å²) >= 11 is 0. The van der Waals surface area contributed by atoms with Crippen molar-refractivity contribution in [3.63, 3.8) is 0 Å². The van der Waals surface area contributed by atoms with E-state index in [0.29, 0.717) is 6.54 Å². The normalized spacial score (nSPS) is 16.8. The number of amides is 1. The smallest absolute Gasteiger partial charge is 0.256 e. The molecule has 29 heavy (non-hydrogen) atoms. The van der Waals surface area contributed by atoms with E-state index in [9.17, 15) is 4.79 Å². The van der Waals surface area contributed by atoms with Gasteiger partial charge >= 0.3 is 0 Å². The highest BCUT2D eigenvalue weighted by Gasteiger charge is 2.36. The lowest BCUT2D eigenvalue weighted by Crippen LogP contribution is -2.32. The van der Waals surface area contributed by atoms with Crippen molar-refractivity contribution in [1.82, 2.24) is 4.90 Å². The maximum absolute atomic E-state index is 13.2. The molecule has 0 saturated carbocycles. The van der Waals surface area contributed by atoms with Gasteiger partial charge in [-0.2, -0.15) is 0 Å². The van der Waals surface area contributed by atoms with Gasteiger partial charge in [0.15, 0.2) is 11.5 Å². The lowest BCUT2D eigenvalue weighted by molar-refractivity contribution is 0.0728. The lowest BCUT2D eigenvalue weighted by atomic mass is 10.1. The van der Waals surface area contributed by atoms with Crippen LogP contribution in [0, 0.1) is 13.8 Å². The van der Waals surface area contributed by atoms with Gasteiger partial charge in [-0.1, -0.05) is 42.0 Å². The van der Waals surface area contributed by atoms with E-state index < -0.39 is 0 Å². The Morgan fingerprint density at radius 1 is 1.00 bits per heavy atom. The highest BCUT2D eigenvalue weighted by Crippen LogP contribution is 2.38. The number of ether oxygens (including phenoxy) is 2. The summed E-state index contributed by atoms with van der Waals surface area (Å²) in [5.41, 5.74) is 6.15. The number of rotatable bonds is 4. The molecule has 5 nitrogen and oxygen atoms in total. The van der Waals surface area contributed by atoms with Crippen LogP contribution in [0.4, 0.5) is 5.69 Å². The van der Waals surface area contributed by atoms with Crippen LogP contribution < -0.4 is 14.8 Å². The molecule has 0 fully saturated rings. The van der Waals surface area contributed by atoms with E-state index >= 15 is 0 Å². The SMILES string of the molecule is Cc1ccc(N[C@@H]2c3ccccc3C(=O)N2Cc2ccc3c(c2)OCO3)c(C)c1. The first kappa shape index (κ1) is 17.6. The molecule has 1 atom stereocenters. The van der Waals surface area contributed by atoms with Crippen molar-refractivity contribution in [3.8, 4) is 11.5 Å². The third-order valence-electron chi connectivity index (χ3n) is 5.52. The summed E-state index contributed by atoms with van der Waals surface area (Å²) in [7, 11) is 0. The minimum absolute atomic E-state index is 0.0283. The van der Waals surface area contributed by atoms with Crippen LogP contribution in [-0.4, -0.2) is 17.6 Å². The molecule has 0 unspecified atom stereocenters. The Morgan fingerprint density at radius 3 is 2.69 bits per heavy atom. The van der Waals surface area contributed by atoms with Crippen LogP contribution in [0.15, 0.2) is 60.7 Å². The molecular formula is C24H22N2O3. The first-order valence-electron chi connectivity index (χ1n) is 9.72. The molecule has 1 N–H and O–H groups in total. The Labute approximate surface area is 169 Å². The van der Waals surface area contributed by atoms with Crippen molar-refractivity contribution >= 4 is 11.6 Å². The van der Waals surface area contributed by atoms with Crippen LogP contribution in [0.3, 0.4) is 0 Å². The van der Waals surface area contributed by atoms with E-state index in [1.807, 2.05) is 47.4 Å². The minimum atomic E-state index is -0.231. The Kier molecular flexibility index (Phi) is 4.16. The molecular weight excluding hydrogens is 364 g/mol. The largest absolute Gasteiger partial charge is 0.454 e. The number of aryl methyl sites for hydroxylation is 2. The average Bonchev–Trinajstić information content (AvgIpc) is 3.28. The van der Waals surface area contributed by atoms with Crippen molar-refractivity contribution in [1.29, 1.82) is 0 Å². The van der Waals surface area contributed by atoms with Gasteiger partial charge in [0.25, 0.3) is 5.91 Å². The monoisotopic (exact) mass is 386 g/mol. The molecule has 3 aromatic carbocycles. The number of hydrogen-bond acceptors (Lipinski definition) is 4. The van der Waals surface area contributed by atoms with Crippen LogP contribution >= 0.6 is 0 Å². The number of fused-ring (bicyclic) bond motifs is 2. The number of nitrogens with zero attached hydrogens (tertiary/aromatic N) is 1. The van der Waals surface area contributed by atoms with Gasteiger partial charge in [0.2, 0.25) is 6.79 Å². The Hall–Kier alpha value is -3.47. The van der Waals surface area contributed by atoms with Crippen molar-refractivity contribution in [2.75, 3.05) is 12.1 Å². The molecule has 5 heteroatoms. The van der Waals surface area contributed by atoms with E-state index in [2.05, 4.69) is 37.4 Å². The van der Waals surface area contributed by atoms with Crippen molar-refractivity contribution < 1.29 is 14.3 Å². The Morgan fingerprint density at radius 2 is 1.83 bits per heavy atom. The standard InChI is InChI=1S/C24H22N2O3/c1-15-7-9-20(16(2)11-15)25-23-18-5-3-4-6-19(18)24(27)26(23)13-17-8-10-21-22(12-17)29-14-28-21/h3-12,23,25H,13-14H2,1-2H3/t23-/m0/s1. The molecule has 0 aromatic heterocycles. The van der Waals surface area contributed by atoms with Crippen molar-refractivity contribution in [2.45, 2.75) is 26.6 Å².